The van der Waals surface area contributed by atoms with Gasteiger partial charge in [-0.3, -0.25) is 0 Å². The molecule has 1 fully saturated rings. The van der Waals surface area contributed by atoms with Crippen LogP contribution < -0.4 is 5.32 Å². The smallest absolute Gasteiger partial charge is 0.00922 e. The summed E-state index contributed by atoms with van der Waals surface area (Å²) in [7, 11) is 2.33. The molecule has 0 radical (unpaired) electrons. The first kappa shape index (κ1) is 16.0. The zero-order valence-electron chi connectivity index (χ0n) is 12.9. The lowest BCUT2D eigenvalue weighted by molar-refractivity contribution is 0.186. The molecule has 0 amide bonds. The predicted octanol–water partition coefficient (Wildman–Crippen LogP) is 3.81. The van der Waals surface area contributed by atoms with E-state index >= 15 is 0 Å². The number of hydrogen-bond acceptors (Lipinski definition) is 2. The minimum Gasteiger partial charge on any atom is -0.314 e. The lowest BCUT2D eigenvalue weighted by Gasteiger charge is -2.31. The Hall–Kier alpha value is -0.0800. The summed E-state index contributed by atoms with van der Waals surface area (Å²) in [5.41, 5.74) is 0. The maximum atomic E-state index is 3.65. The molecule has 0 saturated heterocycles. The Kier molecular flexibility index (Phi) is 8.70. The predicted molar refractivity (Wildman–Crippen MR) is 81.1 cm³/mol. The molecule has 1 saturated carbocycles. The van der Waals surface area contributed by atoms with Crippen LogP contribution in [-0.4, -0.2) is 37.1 Å². The first-order valence-corrected chi connectivity index (χ1v) is 8.21. The van der Waals surface area contributed by atoms with Gasteiger partial charge in [0, 0.05) is 12.1 Å². The molecule has 2 heteroatoms. The van der Waals surface area contributed by atoms with Gasteiger partial charge < -0.3 is 10.2 Å². The van der Waals surface area contributed by atoms with Gasteiger partial charge in [-0.05, 0) is 58.7 Å². The van der Waals surface area contributed by atoms with E-state index in [2.05, 4.69) is 31.1 Å². The summed E-state index contributed by atoms with van der Waals surface area (Å²) in [6.07, 6.45) is 12.4. The van der Waals surface area contributed by atoms with Crippen LogP contribution in [0.3, 0.4) is 0 Å². The molecule has 0 aromatic carbocycles. The second-order valence-electron chi connectivity index (χ2n) is 5.97. The van der Waals surface area contributed by atoms with Gasteiger partial charge in [0.15, 0.2) is 0 Å². The lowest BCUT2D eigenvalue weighted by Crippen LogP contribution is -2.35. The van der Waals surface area contributed by atoms with E-state index in [1.807, 2.05) is 0 Å². The highest BCUT2D eigenvalue weighted by molar-refractivity contribution is 4.74. The Morgan fingerprint density at radius 3 is 2.50 bits per heavy atom. The number of nitrogens with one attached hydrogen (secondary N) is 1. The maximum Gasteiger partial charge on any atom is 0.00922 e. The van der Waals surface area contributed by atoms with Gasteiger partial charge >= 0.3 is 0 Å². The molecule has 0 aromatic heterocycles. The van der Waals surface area contributed by atoms with E-state index in [9.17, 15) is 0 Å². The van der Waals surface area contributed by atoms with Crippen molar-refractivity contribution < 1.29 is 0 Å². The van der Waals surface area contributed by atoms with Crippen molar-refractivity contribution in [1.29, 1.82) is 0 Å². The minimum atomic E-state index is 0.740. The van der Waals surface area contributed by atoms with E-state index in [0.717, 1.165) is 12.1 Å². The van der Waals surface area contributed by atoms with Crippen molar-refractivity contribution in [1.82, 2.24) is 10.2 Å². The molecule has 1 atom stereocenters. The van der Waals surface area contributed by atoms with Gasteiger partial charge in [0.05, 0.1) is 0 Å². The molecule has 18 heavy (non-hydrogen) atoms. The first-order chi connectivity index (χ1) is 8.77. The Labute approximate surface area is 115 Å². The van der Waals surface area contributed by atoms with Crippen molar-refractivity contribution in [2.45, 2.75) is 83.7 Å². The monoisotopic (exact) mass is 254 g/mol. The molecule has 1 aliphatic carbocycles. The topological polar surface area (TPSA) is 15.3 Å². The third-order valence-electron chi connectivity index (χ3n) is 4.44. The maximum absolute atomic E-state index is 3.65. The Morgan fingerprint density at radius 2 is 1.89 bits per heavy atom. The Bertz CT molecular complexity index is 188. The van der Waals surface area contributed by atoms with Gasteiger partial charge in [-0.1, -0.05) is 33.1 Å². The fraction of sp³-hybridized carbons (Fsp3) is 1.00. The molecule has 1 rings (SSSR count). The quantitative estimate of drug-likeness (QED) is 0.673. The third kappa shape index (κ3) is 6.19. The van der Waals surface area contributed by atoms with Crippen LogP contribution in [0.1, 0.15) is 71.6 Å². The average Bonchev–Trinajstić information content (AvgIpc) is 2.43. The van der Waals surface area contributed by atoms with Crippen LogP contribution in [-0.2, 0) is 0 Å². The van der Waals surface area contributed by atoms with Crippen LogP contribution >= 0.6 is 0 Å². The standard InChI is InChI=1S/C16H34N2/c1-4-13-17-15(5-2)10-9-14-18(3)16-11-7-6-8-12-16/h15-17H,4-14H2,1-3H3. The van der Waals surface area contributed by atoms with Crippen molar-refractivity contribution in [3.63, 3.8) is 0 Å². The highest BCUT2D eigenvalue weighted by Gasteiger charge is 2.17. The number of nitrogens with zero attached hydrogens (tertiary/aromatic N) is 1. The summed E-state index contributed by atoms with van der Waals surface area (Å²) < 4.78 is 0. The van der Waals surface area contributed by atoms with Crippen molar-refractivity contribution in [3.8, 4) is 0 Å². The minimum absolute atomic E-state index is 0.740. The summed E-state index contributed by atoms with van der Waals surface area (Å²) in [4.78, 5) is 2.62. The summed E-state index contributed by atoms with van der Waals surface area (Å²) >= 11 is 0. The second-order valence-corrected chi connectivity index (χ2v) is 5.97. The van der Waals surface area contributed by atoms with Crippen molar-refractivity contribution >= 4 is 0 Å². The highest BCUT2D eigenvalue weighted by Crippen LogP contribution is 2.21. The highest BCUT2D eigenvalue weighted by atomic mass is 15.1. The Balaban J connectivity index is 2.10. The van der Waals surface area contributed by atoms with E-state index in [1.54, 1.807) is 0 Å². The van der Waals surface area contributed by atoms with Crippen molar-refractivity contribution in [3.05, 3.63) is 0 Å². The van der Waals surface area contributed by atoms with Crippen LogP contribution in [0.25, 0.3) is 0 Å². The summed E-state index contributed by atoms with van der Waals surface area (Å²) in [5, 5.41) is 3.65. The third-order valence-corrected chi connectivity index (χ3v) is 4.44. The van der Waals surface area contributed by atoms with Gasteiger partial charge in [0.1, 0.15) is 0 Å². The van der Waals surface area contributed by atoms with Crippen LogP contribution in [0.2, 0.25) is 0 Å². The lowest BCUT2D eigenvalue weighted by atomic mass is 9.94. The summed E-state index contributed by atoms with van der Waals surface area (Å²) in [6.45, 7) is 7.01. The van der Waals surface area contributed by atoms with Crippen LogP contribution in [0.5, 0.6) is 0 Å². The number of rotatable bonds is 9. The van der Waals surface area contributed by atoms with Crippen molar-refractivity contribution in [2.75, 3.05) is 20.1 Å². The van der Waals surface area contributed by atoms with E-state index in [1.165, 1.54) is 70.9 Å². The summed E-state index contributed by atoms with van der Waals surface area (Å²) in [5.74, 6) is 0. The molecule has 1 unspecified atom stereocenters. The molecule has 0 aromatic rings. The SMILES string of the molecule is CCCNC(CC)CCCN(C)C1CCCCC1. The van der Waals surface area contributed by atoms with Gasteiger partial charge in [0.2, 0.25) is 0 Å². The molecule has 2 nitrogen and oxygen atoms in total. The molecule has 0 heterocycles. The van der Waals surface area contributed by atoms with Gasteiger partial charge in [-0.25, -0.2) is 0 Å². The van der Waals surface area contributed by atoms with Crippen LogP contribution in [0.4, 0.5) is 0 Å². The van der Waals surface area contributed by atoms with Crippen molar-refractivity contribution in [2.24, 2.45) is 0 Å². The molecule has 1 aliphatic rings. The molecule has 1 N–H and O–H groups in total. The average molecular weight is 254 g/mol. The molecule has 0 aliphatic heterocycles. The first-order valence-electron chi connectivity index (χ1n) is 8.21. The molecule has 0 bridgehead atoms. The van der Waals surface area contributed by atoms with Gasteiger partial charge in [0.25, 0.3) is 0 Å². The number of hydrogen-bond donors (Lipinski definition) is 1. The van der Waals surface area contributed by atoms with Gasteiger partial charge in [-0.2, -0.15) is 0 Å². The Morgan fingerprint density at radius 1 is 1.17 bits per heavy atom. The van der Waals surface area contributed by atoms with E-state index < -0.39 is 0 Å². The molecular weight excluding hydrogens is 220 g/mol. The fourth-order valence-electron chi connectivity index (χ4n) is 3.09. The van der Waals surface area contributed by atoms with Crippen LogP contribution in [0, 0.1) is 0 Å². The van der Waals surface area contributed by atoms with E-state index in [0.29, 0.717) is 0 Å². The normalized spacial score (nSPS) is 19.3. The molecule has 0 spiro atoms. The van der Waals surface area contributed by atoms with E-state index in [4.69, 9.17) is 0 Å². The van der Waals surface area contributed by atoms with Crippen LogP contribution in [0.15, 0.2) is 0 Å². The zero-order chi connectivity index (χ0) is 13.2. The largest absolute Gasteiger partial charge is 0.314 e. The zero-order valence-corrected chi connectivity index (χ0v) is 12.9. The fourth-order valence-corrected chi connectivity index (χ4v) is 3.09. The summed E-state index contributed by atoms with van der Waals surface area (Å²) in [6, 6.07) is 1.62. The van der Waals surface area contributed by atoms with E-state index in [-0.39, 0.29) is 0 Å². The molecule has 108 valence electrons. The second kappa shape index (κ2) is 9.80. The van der Waals surface area contributed by atoms with Gasteiger partial charge in [-0.15, -0.1) is 0 Å². The molecular formula is C16H34N2.